The molecule has 2 rings (SSSR count). The Morgan fingerprint density at radius 2 is 2.00 bits per heavy atom. The Hall–Kier alpha value is -1.02. The molecule has 2 heteroatoms. The Labute approximate surface area is 111 Å². The topological polar surface area (TPSA) is 15.3 Å². The maximum atomic E-state index is 3.47. The van der Waals surface area contributed by atoms with E-state index in [4.69, 9.17) is 0 Å². The Kier molecular flexibility index (Phi) is 4.28. The third-order valence-corrected chi connectivity index (χ3v) is 3.60. The van der Waals surface area contributed by atoms with Gasteiger partial charge in [0.1, 0.15) is 0 Å². The third kappa shape index (κ3) is 3.26. The maximum Gasteiger partial charge on any atom is 0.0376 e. The van der Waals surface area contributed by atoms with Gasteiger partial charge in [0, 0.05) is 31.4 Å². The van der Waals surface area contributed by atoms with Crippen LogP contribution in [-0.4, -0.2) is 24.0 Å². The highest BCUT2D eigenvalue weighted by atomic mass is 15.1. The zero-order valence-electron chi connectivity index (χ0n) is 12.2. The van der Waals surface area contributed by atoms with Gasteiger partial charge in [-0.05, 0) is 43.4 Å². The van der Waals surface area contributed by atoms with Gasteiger partial charge in [-0.25, -0.2) is 0 Å². The third-order valence-electron chi connectivity index (χ3n) is 3.60. The summed E-state index contributed by atoms with van der Waals surface area (Å²) >= 11 is 0. The van der Waals surface area contributed by atoms with Gasteiger partial charge in [0.05, 0.1) is 0 Å². The summed E-state index contributed by atoms with van der Waals surface area (Å²) in [4.78, 5) is 2.56. The Balaban J connectivity index is 2.06. The first-order valence-corrected chi connectivity index (χ1v) is 7.16. The average Bonchev–Trinajstić information content (AvgIpc) is 2.74. The van der Waals surface area contributed by atoms with Crippen molar-refractivity contribution in [1.29, 1.82) is 0 Å². The molecule has 1 aromatic carbocycles. The zero-order chi connectivity index (χ0) is 13.1. The SMILES string of the molecule is CC(C)CN(Cc1ccc2c(c1)NCC2)C(C)C. The molecule has 0 saturated carbocycles. The summed E-state index contributed by atoms with van der Waals surface area (Å²) in [7, 11) is 0. The predicted octanol–water partition coefficient (Wildman–Crippen LogP) is 3.52. The van der Waals surface area contributed by atoms with E-state index in [2.05, 4.69) is 56.1 Å². The van der Waals surface area contributed by atoms with Crippen molar-refractivity contribution in [3.63, 3.8) is 0 Å². The van der Waals surface area contributed by atoms with Crippen LogP contribution in [0.15, 0.2) is 18.2 Å². The molecule has 1 heterocycles. The van der Waals surface area contributed by atoms with E-state index in [1.165, 1.54) is 29.8 Å². The molecule has 0 radical (unpaired) electrons. The van der Waals surface area contributed by atoms with Gasteiger partial charge in [0.25, 0.3) is 0 Å². The molecule has 0 saturated heterocycles. The van der Waals surface area contributed by atoms with E-state index in [0.29, 0.717) is 6.04 Å². The summed E-state index contributed by atoms with van der Waals surface area (Å²) < 4.78 is 0. The van der Waals surface area contributed by atoms with Crippen molar-refractivity contribution in [2.75, 3.05) is 18.4 Å². The fourth-order valence-corrected chi connectivity index (χ4v) is 2.60. The molecule has 100 valence electrons. The second kappa shape index (κ2) is 5.75. The molecule has 0 bridgehead atoms. The molecule has 0 fully saturated rings. The van der Waals surface area contributed by atoms with Crippen LogP contribution in [0.1, 0.15) is 38.8 Å². The predicted molar refractivity (Wildman–Crippen MR) is 79.0 cm³/mol. The van der Waals surface area contributed by atoms with Crippen molar-refractivity contribution in [2.24, 2.45) is 5.92 Å². The van der Waals surface area contributed by atoms with Gasteiger partial charge in [0.15, 0.2) is 0 Å². The average molecular weight is 246 g/mol. The number of anilines is 1. The van der Waals surface area contributed by atoms with Crippen LogP contribution in [-0.2, 0) is 13.0 Å². The minimum absolute atomic E-state index is 0.605. The van der Waals surface area contributed by atoms with Crippen molar-refractivity contribution in [2.45, 2.75) is 46.7 Å². The van der Waals surface area contributed by atoms with Crippen LogP contribution in [0.4, 0.5) is 5.69 Å². The quantitative estimate of drug-likeness (QED) is 0.855. The lowest BCUT2D eigenvalue weighted by atomic mass is 10.1. The minimum atomic E-state index is 0.605. The lowest BCUT2D eigenvalue weighted by Crippen LogP contribution is -2.33. The first-order valence-electron chi connectivity index (χ1n) is 7.16. The number of fused-ring (bicyclic) bond motifs is 1. The molecule has 0 aromatic heterocycles. The van der Waals surface area contributed by atoms with E-state index in [9.17, 15) is 0 Å². The monoisotopic (exact) mass is 246 g/mol. The number of rotatable bonds is 5. The zero-order valence-corrected chi connectivity index (χ0v) is 12.2. The highest BCUT2D eigenvalue weighted by molar-refractivity contribution is 5.57. The number of benzene rings is 1. The van der Waals surface area contributed by atoms with E-state index < -0.39 is 0 Å². The summed E-state index contributed by atoms with van der Waals surface area (Å²) in [6.07, 6.45) is 1.18. The van der Waals surface area contributed by atoms with Crippen molar-refractivity contribution < 1.29 is 0 Å². The van der Waals surface area contributed by atoms with Gasteiger partial charge in [0.2, 0.25) is 0 Å². The van der Waals surface area contributed by atoms with Crippen molar-refractivity contribution >= 4 is 5.69 Å². The molecular weight excluding hydrogens is 220 g/mol. The second-order valence-electron chi connectivity index (χ2n) is 6.09. The first kappa shape index (κ1) is 13.4. The molecule has 1 aliphatic rings. The molecule has 2 nitrogen and oxygen atoms in total. The van der Waals surface area contributed by atoms with Crippen molar-refractivity contribution in [3.05, 3.63) is 29.3 Å². The summed E-state index contributed by atoms with van der Waals surface area (Å²) in [5, 5.41) is 3.47. The molecule has 1 aliphatic heterocycles. The van der Waals surface area contributed by atoms with Gasteiger partial charge >= 0.3 is 0 Å². The van der Waals surface area contributed by atoms with E-state index in [0.717, 1.165) is 19.0 Å². The smallest absolute Gasteiger partial charge is 0.0376 e. The Morgan fingerprint density at radius 3 is 2.67 bits per heavy atom. The lowest BCUT2D eigenvalue weighted by Gasteiger charge is -2.28. The molecule has 0 atom stereocenters. The van der Waals surface area contributed by atoms with E-state index in [-0.39, 0.29) is 0 Å². The highest BCUT2D eigenvalue weighted by Gasteiger charge is 2.14. The highest BCUT2D eigenvalue weighted by Crippen LogP contribution is 2.24. The first-order chi connectivity index (χ1) is 8.56. The molecule has 1 aromatic rings. The minimum Gasteiger partial charge on any atom is -0.384 e. The molecule has 0 aliphatic carbocycles. The number of nitrogens with zero attached hydrogens (tertiary/aromatic N) is 1. The van der Waals surface area contributed by atoms with Gasteiger partial charge < -0.3 is 5.32 Å². The normalized spacial score (nSPS) is 14.4. The fraction of sp³-hybridized carbons (Fsp3) is 0.625. The van der Waals surface area contributed by atoms with E-state index in [1.807, 2.05) is 0 Å². The molecule has 0 spiro atoms. The molecule has 1 N–H and O–H groups in total. The van der Waals surface area contributed by atoms with E-state index in [1.54, 1.807) is 0 Å². The Bertz CT molecular complexity index is 396. The Morgan fingerprint density at radius 1 is 1.22 bits per heavy atom. The largest absolute Gasteiger partial charge is 0.384 e. The van der Waals surface area contributed by atoms with Crippen LogP contribution in [0.5, 0.6) is 0 Å². The maximum absolute atomic E-state index is 3.47. The van der Waals surface area contributed by atoms with Crippen LogP contribution in [0, 0.1) is 5.92 Å². The number of hydrogen-bond acceptors (Lipinski definition) is 2. The fourth-order valence-electron chi connectivity index (χ4n) is 2.60. The van der Waals surface area contributed by atoms with Crippen LogP contribution < -0.4 is 5.32 Å². The summed E-state index contributed by atoms with van der Waals surface area (Å²) in [6.45, 7) is 12.5. The standard InChI is InChI=1S/C16H26N2/c1-12(2)10-18(13(3)4)11-14-5-6-15-7-8-17-16(15)9-14/h5-6,9,12-13,17H,7-8,10-11H2,1-4H3. The summed E-state index contributed by atoms with van der Waals surface area (Å²) in [6, 6.07) is 7.52. The van der Waals surface area contributed by atoms with Crippen LogP contribution in [0.2, 0.25) is 0 Å². The van der Waals surface area contributed by atoms with Crippen LogP contribution >= 0.6 is 0 Å². The summed E-state index contributed by atoms with van der Waals surface area (Å²) in [5.41, 5.74) is 4.25. The molecule has 18 heavy (non-hydrogen) atoms. The molecular formula is C16H26N2. The van der Waals surface area contributed by atoms with Crippen molar-refractivity contribution in [3.8, 4) is 0 Å². The van der Waals surface area contributed by atoms with Gasteiger partial charge in [-0.2, -0.15) is 0 Å². The molecule has 0 amide bonds. The number of nitrogens with one attached hydrogen (secondary N) is 1. The van der Waals surface area contributed by atoms with Crippen LogP contribution in [0.3, 0.4) is 0 Å². The summed E-state index contributed by atoms with van der Waals surface area (Å²) in [5.74, 6) is 0.722. The van der Waals surface area contributed by atoms with Crippen LogP contribution in [0.25, 0.3) is 0 Å². The van der Waals surface area contributed by atoms with Gasteiger partial charge in [-0.15, -0.1) is 0 Å². The van der Waals surface area contributed by atoms with E-state index >= 15 is 0 Å². The second-order valence-corrected chi connectivity index (χ2v) is 6.09. The number of hydrogen-bond donors (Lipinski definition) is 1. The van der Waals surface area contributed by atoms with Gasteiger partial charge in [-0.3, -0.25) is 4.90 Å². The lowest BCUT2D eigenvalue weighted by molar-refractivity contribution is 0.189. The van der Waals surface area contributed by atoms with Gasteiger partial charge in [-0.1, -0.05) is 26.0 Å². The molecule has 0 unspecified atom stereocenters. The van der Waals surface area contributed by atoms with Crippen molar-refractivity contribution in [1.82, 2.24) is 4.90 Å².